The molecule has 5 rings (SSSR count). The number of fused-ring (bicyclic) bond motifs is 1. The summed E-state index contributed by atoms with van der Waals surface area (Å²) < 4.78 is 5.22. The number of amides is 2. The highest BCUT2D eigenvalue weighted by Gasteiger charge is 2.27. The minimum Gasteiger partial charge on any atom is -0.459 e. The Bertz CT molecular complexity index is 1280. The van der Waals surface area contributed by atoms with Gasteiger partial charge in [0.2, 0.25) is 0 Å². The molecular formula is C25H20ClN3O3. The van der Waals surface area contributed by atoms with E-state index in [2.05, 4.69) is 0 Å². The number of aromatic nitrogens is 1. The van der Waals surface area contributed by atoms with Gasteiger partial charge in [-0.05, 0) is 36.4 Å². The van der Waals surface area contributed by atoms with E-state index in [1.165, 1.54) is 6.26 Å². The molecule has 160 valence electrons. The van der Waals surface area contributed by atoms with Gasteiger partial charge >= 0.3 is 0 Å². The van der Waals surface area contributed by atoms with Crippen LogP contribution in [0.2, 0.25) is 5.02 Å². The topological polar surface area (TPSA) is 66.7 Å². The first-order valence-electron chi connectivity index (χ1n) is 10.4. The monoisotopic (exact) mass is 445 g/mol. The summed E-state index contributed by atoms with van der Waals surface area (Å²) in [6, 6.07) is 20.2. The highest BCUT2D eigenvalue weighted by atomic mass is 35.5. The van der Waals surface area contributed by atoms with Crippen molar-refractivity contribution in [2.45, 2.75) is 0 Å². The van der Waals surface area contributed by atoms with E-state index in [1.807, 2.05) is 54.6 Å². The maximum absolute atomic E-state index is 13.5. The predicted octanol–water partition coefficient (Wildman–Crippen LogP) is 4.75. The lowest BCUT2D eigenvalue weighted by molar-refractivity contribution is 0.0519. The number of halogens is 1. The van der Waals surface area contributed by atoms with Gasteiger partial charge in [-0.15, -0.1) is 0 Å². The zero-order valence-corrected chi connectivity index (χ0v) is 18.0. The SMILES string of the molecule is O=C(c1ccco1)N1CCN(C(=O)c2cc(-c3ccc(Cl)cc3)nc3ccccc23)CC1. The molecular weight excluding hydrogens is 426 g/mol. The maximum Gasteiger partial charge on any atom is 0.289 e. The molecule has 2 aromatic carbocycles. The van der Waals surface area contributed by atoms with E-state index in [9.17, 15) is 9.59 Å². The predicted molar refractivity (Wildman–Crippen MR) is 123 cm³/mol. The highest BCUT2D eigenvalue weighted by Crippen LogP contribution is 2.27. The smallest absolute Gasteiger partial charge is 0.289 e. The molecule has 4 aromatic rings. The zero-order valence-electron chi connectivity index (χ0n) is 17.2. The van der Waals surface area contributed by atoms with Crippen molar-refractivity contribution in [3.8, 4) is 11.3 Å². The largest absolute Gasteiger partial charge is 0.459 e. The van der Waals surface area contributed by atoms with Gasteiger partial charge in [-0.3, -0.25) is 9.59 Å². The van der Waals surface area contributed by atoms with Gasteiger partial charge in [0.15, 0.2) is 5.76 Å². The number of para-hydroxylation sites is 1. The summed E-state index contributed by atoms with van der Waals surface area (Å²) in [6.07, 6.45) is 1.49. The zero-order chi connectivity index (χ0) is 22.1. The van der Waals surface area contributed by atoms with Crippen LogP contribution < -0.4 is 0 Å². The third-order valence-corrected chi connectivity index (χ3v) is 5.92. The average Bonchev–Trinajstić information content (AvgIpc) is 3.38. The molecule has 1 aliphatic rings. The molecule has 0 radical (unpaired) electrons. The van der Waals surface area contributed by atoms with Crippen molar-refractivity contribution >= 4 is 34.3 Å². The van der Waals surface area contributed by atoms with Crippen LogP contribution in [0.1, 0.15) is 20.9 Å². The Hall–Kier alpha value is -3.64. The Kier molecular flexibility index (Phi) is 5.37. The number of nitrogens with zero attached hydrogens (tertiary/aromatic N) is 3. The van der Waals surface area contributed by atoms with Crippen molar-refractivity contribution in [1.29, 1.82) is 0 Å². The van der Waals surface area contributed by atoms with E-state index in [1.54, 1.807) is 21.9 Å². The van der Waals surface area contributed by atoms with Crippen LogP contribution in [0.5, 0.6) is 0 Å². The van der Waals surface area contributed by atoms with Crippen LogP contribution in [-0.4, -0.2) is 52.8 Å². The number of rotatable bonds is 3. The molecule has 0 spiro atoms. The molecule has 2 aromatic heterocycles. The molecule has 3 heterocycles. The maximum atomic E-state index is 13.5. The summed E-state index contributed by atoms with van der Waals surface area (Å²) in [7, 11) is 0. The average molecular weight is 446 g/mol. The van der Waals surface area contributed by atoms with Crippen LogP contribution in [0.3, 0.4) is 0 Å². The molecule has 6 nitrogen and oxygen atoms in total. The van der Waals surface area contributed by atoms with E-state index in [4.69, 9.17) is 21.0 Å². The second-order valence-corrected chi connectivity index (χ2v) is 8.08. The van der Waals surface area contributed by atoms with Gasteiger partial charge < -0.3 is 14.2 Å². The number of piperazine rings is 1. The minimum atomic E-state index is -0.151. The number of carbonyl (C=O) groups excluding carboxylic acids is 2. The highest BCUT2D eigenvalue weighted by molar-refractivity contribution is 6.30. The van der Waals surface area contributed by atoms with Crippen molar-refractivity contribution in [2.75, 3.05) is 26.2 Å². The Balaban J connectivity index is 1.42. The number of carbonyl (C=O) groups is 2. The van der Waals surface area contributed by atoms with Gasteiger partial charge in [0.05, 0.1) is 23.0 Å². The van der Waals surface area contributed by atoms with Crippen molar-refractivity contribution < 1.29 is 14.0 Å². The molecule has 0 aliphatic carbocycles. The summed E-state index contributed by atoms with van der Waals surface area (Å²) in [4.78, 5) is 34.3. The third-order valence-electron chi connectivity index (χ3n) is 5.67. The van der Waals surface area contributed by atoms with Gasteiger partial charge in [-0.2, -0.15) is 0 Å². The number of furan rings is 1. The molecule has 0 bridgehead atoms. The first-order chi connectivity index (χ1) is 15.6. The van der Waals surface area contributed by atoms with E-state index in [-0.39, 0.29) is 11.8 Å². The fourth-order valence-corrected chi connectivity index (χ4v) is 4.09. The molecule has 1 fully saturated rings. The molecule has 7 heteroatoms. The summed E-state index contributed by atoms with van der Waals surface area (Å²) in [6.45, 7) is 1.83. The summed E-state index contributed by atoms with van der Waals surface area (Å²) >= 11 is 6.03. The van der Waals surface area contributed by atoms with Crippen LogP contribution in [0, 0.1) is 0 Å². The first kappa shape index (κ1) is 20.3. The minimum absolute atomic E-state index is 0.0658. The molecule has 0 atom stereocenters. The fraction of sp³-hybridized carbons (Fsp3) is 0.160. The van der Waals surface area contributed by atoms with E-state index >= 15 is 0 Å². The van der Waals surface area contributed by atoms with Gasteiger partial charge in [0, 0.05) is 42.2 Å². The van der Waals surface area contributed by atoms with Crippen molar-refractivity contribution in [3.05, 3.63) is 89.3 Å². The van der Waals surface area contributed by atoms with Crippen molar-refractivity contribution in [1.82, 2.24) is 14.8 Å². The number of benzene rings is 2. The first-order valence-corrected chi connectivity index (χ1v) is 10.8. The molecule has 0 N–H and O–H groups in total. The lowest BCUT2D eigenvalue weighted by Crippen LogP contribution is -2.50. The molecule has 32 heavy (non-hydrogen) atoms. The van der Waals surface area contributed by atoms with Gasteiger partial charge in [-0.1, -0.05) is 41.9 Å². The quantitative estimate of drug-likeness (QED) is 0.456. The summed E-state index contributed by atoms with van der Waals surface area (Å²) in [5, 5.41) is 1.46. The van der Waals surface area contributed by atoms with Crippen molar-refractivity contribution in [2.24, 2.45) is 0 Å². The second-order valence-electron chi connectivity index (χ2n) is 7.64. The Morgan fingerprint density at radius 3 is 2.22 bits per heavy atom. The lowest BCUT2D eigenvalue weighted by Gasteiger charge is -2.34. The normalized spacial score (nSPS) is 14.0. The van der Waals surface area contributed by atoms with Gasteiger partial charge in [0.1, 0.15) is 0 Å². The van der Waals surface area contributed by atoms with Crippen LogP contribution in [0.4, 0.5) is 0 Å². The van der Waals surface area contributed by atoms with Gasteiger partial charge in [-0.25, -0.2) is 4.98 Å². The van der Waals surface area contributed by atoms with E-state index in [0.29, 0.717) is 42.5 Å². The third kappa shape index (κ3) is 3.85. The van der Waals surface area contributed by atoms with E-state index < -0.39 is 0 Å². The molecule has 1 aliphatic heterocycles. The van der Waals surface area contributed by atoms with Crippen molar-refractivity contribution in [3.63, 3.8) is 0 Å². The second kappa shape index (κ2) is 8.48. The summed E-state index contributed by atoms with van der Waals surface area (Å²) in [5.74, 6) is 0.0999. The fourth-order valence-electron chi connectivity index (χ4n) is 3.96. The molecule has 0 unspecified atom stereocenters. The number of pyridine rings is 1. The molecule has 0 saturated carbocycles. The van der Waals surface area contributed by atoms with Crippen LogP contribution in [0.25, 0.3) is 22.2 Å². The molecule has 2 amide bonds. The number of hydrogen-bond donors (Lipinski definition) is 0. The van der Waals surface area contributed by atoms with Crippen LogP contribution >= 0.6 is 11.6 Å². The van der Waals surface area contributed by atoms with Crippen LogP contribution in [0.15, 0.2) is 77.4 Å². The van der Waals surface area contributed by atoms with E-state index in [0.717, 1.165) is 22.2 Å². The Morgan fingerprint density at radius 2 is 1.53 bits per heavy atom. The Morgan fingerprint density at radius 1 is 0.844 bits per heavy atom. The summed E-state index contributed by atoms with van der Waals surface area (Å²) in [5.41, 5.74) is 2.97. The molecule has 1 saturated heterocycles. The Labute approximate surface area is 190 Å². The van der Waals surface area contributed by atoms with Crippen LogP contribution in [-0.2, 0) is 0 Å². The standard InChI is InChI=1S/C25H20ClN3O3/c26-18-9-7-17(8-10-18)22-16-20(19-4-1-2-5-21(19)27-22)24(30)28-11-13-29(14-12-28)25(31)23-6-3-15-32-23/h1-10,15-16H,11-14H2. The number of hydrogen-bond acceptors (Lipinski definition) is 4. The lowest BCUT2D eigenvalue weighted by atomic mass is 10.0. The van der Waals surface area contributed by atoms with Gasteiger partial charge in [0.25, 0.3) is 11.8 Å².